The van der Waals surface area contributed by atoms with Gasteiger partial charge in [-0.3, -0.25) is 4.57 Å². The second kappa shape index (κ2) is 15.1. The van der Waals surface area contributed by atoms with Crippen LogP contribution in [0.2, 0.25) is 0 Å². The predicted octanol–water partition coefficient (Wildman–Crippen LogP) is 6.30. The maximum Gasteiger partial charge on any atom is 0.328 e. The summed E-state index contributed by atoms with van der Waals surface area (Å²) in [7, 11) is -3.31. The van der Waals surface area contributed by atoms with Crippen LogP contribution in [0.1, 0.15) is 97.3 Å². The Morgan fingerprint density at radius 1 is 0.714 bits per heavy atom. The SMILES string of the molecule is CCCCCCCCCOP(=O)(O)CCCCCCCC. The third kappa shape index (κ3) is 16.3. The highest BCUT2D eigenvalue weighted by Crippen LogP contribution is 2.43. The zero-order valence-electron chi connectivity index (χ0n) is 14.3. The van der Waals surface area contributed by atoms with E-state index in [2.05, 4.69) is 13.8 Å². The van der Waals surface area contributed by atoms with E-state index < -0.39 is 7.60 Å². The minimum Gasteiger partial charge on any atom is -0.324 e. The Balaban J connectivity index is 3.36. The highest BCUT2D eigenvalue weighted by molar-refractivity contribution is 7.52. The summed E-state index contributed by atoms with van der Waals surface area (Å²) in [4.78, 5) is 9.72. The molecule has 0 saturated carbocycles. The van der Waals surface area contributed by atoms with Crippen molar-refractivity contribution in [2.75, 3.05) is 12.8 Å². The first-order valence-corrected chi connectivity index (χ1v) is 10.8. The van der Waals surface area contributed by atoms with Crippen molar-refractivity contribution in [3.8, 4) is 0 Å². The molecule has 4 heteroatoms. The first kappa shape index (κ1) is 21.1. The van der Waals surface area contributed by atoms with Gasteiger partial charge in [0.1, 0.15) is 0 Å². The zero-order chi connectivity index (χ0) is 15.8. The first-order valence-electron chi connectivity index (χ1n) is 9.08. The van der Waals surface area contributed by atoms with E-state index in [4.69, 9.17) is 4.52 Å². The van der Waals surface area contributed by atoms with Crippen LogP contribution in [-0.4, -0.2) is 17.7 Å². The molecule has 0 spiro atoms. The van der Waals surface area contributed by atoms with E-state index >= 15 is 0 Å². The van der Waals surface area contributed by atoms with Gasteiger partial charge in [0, 0.05) is 6.16 Å². The third-order valence-corrected chi connectivity index (χ3v) is 5.30. The van der Waals surface area contributed by atoms with Crippen LogP contribution in [0.3, 0.4) is 0 Å². The fourth-order valence-corrected chi connectivity index (χ4v) is 3.59. The Bertz CT molecular complexity index is 256. The van der Waals surface area contributed by atoms with Gasteiger partial charge in [-0.15, -0.1) is 0 Å². The number of unbranched alkanes of at least 4 members (excludes halogenated alkanes) is 11. The molecule has 0 rings (SSSR count). The quantitative estimate of drug-likeness (QED) is 0.268. The molecule has 0 aromatic rings. The summed E-state index contributed by atoms with van der Waals surface area (Å²) in [6.45, 7) is 4.85. The van der Waals surface area contributed by atoms with Gasteiger partial charge in [0.2, 0.25) is 0 Å². The minimum absolute atomic E-state index is 0.329. The van der Waals surface area contributed by atoms with Crippen LogP contribution < -0.4 is 0 Å². The summed E-state index contributed by atoms with van der Waals surface area (Å²) in [6, 6.07) is 0. The molecular weight excluding hydrogens is 283 g/mol. The summed E-state index contributed by atoms with van der Waals surface area (Å²) in [5.74, 6) is 0. The van der Waals surface area contributed by atoms with E-state index in [1.54, 1.807) is 0 Å². The molecule has 0 bridgehead atoms. The average molecular weight is 320 g/mol. The molecule has 0 aliphatic rings. The molecule has 0 saturated heterocycles. The Morgan fingerprint density at radius 3 is 1.67 bits per heavy atom. The zero-order valence-corrected chi connectivity index (χ0v) is 15.2. The second-order valence-electron chi connectivity index (χ2n) is 6.08. The lowest BCUT2D eigenvalue weighted by molar-refractivity contribution is 0.252. The van der Waals surface area contributed by atoms with Crippen LogP contribution in [0.5, 0.6) is 0 Å². The van der Waals surface area contributed by atoms with Crippen molar-refractivity contribution in [1.82, 2.24) is 0 Å². The van der Waals surface area contributed by atoms with Gasteiger partial charge in [-0.1, -0.05) is 84.5 Å². The van der Waals surface area contributed by atoms with Crippen molar-refractivity contribution in [2.24, 2.45) is 0 Å². The van der Waals surface area contributed by atoms with Gasteiger partial charge in [-0.25, -0.2) is 0 Å². The van der Waals surface area contributed by atoms with Crippen molar-refractivity contribution in [3.05, 3.63) is 0 Å². The lowest BCUT2D eigenvalue weighted by Gasteiger charge is -2.12. The van der Waals surface area contributed by atoms with Crippen molar-refractivity contribution >= 4 is 7.60 Å². The summed E-state index contributed by atoms with van der Waals surface area (Å²) >= 11 is 0. The first-order chi connectivity index (χ1) is 10.1. The second-order valence-corrected chi connectivity index (χ2v) is 8.06. The maximum atomic E-state index is 11.8. The summed E-state index contributed by atoms with van der Waals surface area (Å²) in [5.41, 5.74) is 0. The summed E-state index contributed by atoms with van der Waals surface area (Å²) in [6.07, 6.45) is 15.5. The van der Waals surface area contributed by atoms with Gasteiger partial charge in [-0.2, -0.15) is 0 Å². The monoisotopic (exact) mass is 320 g/mol. The molecule has 1 atom stereocenters. The largest absolute Gasteiger partial charge is 0.328 e. The van der Waals surface area contributed by atoms with Gasteiger partial charge in [-0.05, 0) is 12.8 Å². The third-order valence-electron chi connectivity index (χ3n) is 3.84. The highest BCUT2D eigenvalue weighted by atomic mass is 31.2. The number of hydrogen-bond acceptors (Lipinski definition) is 2. The fourth-order valence-electron chi connectivity index (χ4n) is 2.42. The predicted molar refractivity (Wildman–Crippen MR) is 92.0 cm³/mol. The lowest BCUT2D eigenvalue weighted by Crippen LogP contribution is -1.97. The van der Waals surface area contributed by atoms with Crippen LogP contribution >= 0.6 is 7.60 Å². The average Bonchev–Trinajstić information content (AvgIpc) is 2.45. The molecule has 0 fully saturated rings. The molecule has 0 aromatic heterocycles. The Hall–Kier alpha value is 0.150. The van der Waals surface area contributed by atoms with Gasteiger partial charge in [0.25, 0.3) is 0 Å². The van der Waals surface area contributed by atoms with Gasteiger partial charge >= 0.3 is 7.60 Å². The smallest absolute Gasteiger partial charge is 0.324 e. The van der Waals surface area contributed by atoms with Gasteiger partial charge in [0.05, 0.1) is 6.61 Å². The van der Waals surface area contributed by atoms with E-state index in [1.165, 1.54) is 57.8 Å². The molecule has 0 radical (unpaired) electrons. The normalized spacial score (nSPS) is 14.2. The van der Waals surface area contributed by atoms with Crippen molar-refractivity contribution < 1.29 is 14.0 Å². The van der Waals surface area contributed by atoms with Crippen LogP contribution in [0.25, 0.3) is 0 Å². The molecule has 21 heavy (non-hydrogen) atoms. The molecule has 0 aromatic carbocycles. The topological polar surface area (TPSA) is 46.5 Å². The van der Waals surface area contributed by atoms with E-state index in [0.717, 1.165) is 25.7 Å². The van der Waals surface area contributed by atoms with Crippen molar-refractivity contribution in [3.63, 3.8) is 0 Å². The molecule has 1 N–H and O–H groups in total. The standard InChI is InChI=1S/C17H37O3P/c1-3-5-7-9-11-12-14-16-20-21(18,19)17-15-13-10-8-6-4-2/h3-17H2,1-2H3,(H,18,19). The van der Waals surface area contributed by atoms with Crippen LogP contribution in [0.15, 0.2) is 0 Å². The van der Waals surface area contributed by atoms with E-state index in [-0.39, 0.29) is 0 Å². The number of hydrogen-bond donors (Lipinski definition) is 1. The van der Waals surface area contributed by atoms with E-state index in [1.807, 2.05) is 0 Å². The van der Waals surface area contributed by atoms with Crippen molar-refractivity contribution in [2.45, 2.75) is 97.3 Å². The van der Waals surface area contributed by atoms with Crippen molar-refractivity contribution in [1.29, 1.82) is 0 Å². The minimum atomic E-state index is -3.31. The molecule has 0 heterocycles. The van der Waals surface area contributed by atoms with Crippen LogP contribution in [-0.2, 0) is 9.09 Å². The van der Waals surface area contributed by atoms with E-state index in [0.29, 0.717) is 12.8 Å². The van der Waals surface area contributed by atoms with Crippen LogP contribution in [0.4, 0.5) is 0 Å². The molecule has 128 valence electrons. The maximum absolute atomic E-state index is 11.8. The van der Waals surface area contributed by atoms with Gasteiger partial charge in [0.15, 0.2) is 0 Å². The highest BCUT2D eigenvalue weighted by Gasteiger charge is 2.17. The Labute approximate surface area is 132 Å². The number of rotatable bonds is 16. The van der Waals surface area contributed by atoms with E-state index in [9.17, 15) is 9.46 Å². The Kier molecular flexibility index (Phi) is 15.2. The Morgan fingerprint density at radius 2 is 1.14 bits per heavy atom. The summed E-state index contributed by atoms with van der Waals surface area (Å²) in [5, 5.41) is 0. The molecule has 0 aliphatic carbocycles. The summed E-state index contributed by atoms with van der Waals surface area (Å²) < 4.78 is 17.0. The molecular formula is C17H37O3P. The van der Waals surface area contributed by atoms with Crippen LogP contribution in [0, 0.1) is 0 Å². The molecule has 3 nitrogen and oxygen atoms in total. The molecule has 1 unspecified atom stereocenters. The molecule has 0 aliphatic heterocycles. The molecule has 0 amide bonds. The lowest BCUT2D eigenvalue weighted by atomic mass is 10.1. The fraction of sp³-hybridized carbons (Fsp3) is 1.00. The van der Waals surface area contributed by atoms with Gasteiger partial charge < -0.3 is 9.42 Å².